The molecule has 0 heterocycles. The number of carbonyl (C=O) groups excluding carboxylic acids is 3. The van der Waals surface area contributed by atoms with Crippen LogP contribution in [0.5, 0.6) is 0 Å². The van der Waals surface area contributed by atoms with E-state index >= 15 is 0 Å². The lowest BCUT2D eigenvalue weighted by atomic mass is 10.1. The van der Waals surface area contributed by atoms with Gasteiger partial charge >= 0.3 is 5.97 Å². The van der Waals surface area contributed by atoms with Gasteiger partial charge in [-0.1, -0.05) is 12.8 Å². The minimum Gasteiger partial charge on any atom is -0.456 e. The van der Waals surface area contributed by atoms with E-state index < -0.39 is 23.8 Å². The molecule has 1 aliphatic carbocycles. The summed E-state index contributed by atoms with van der Waals surface area (Å²) in [6.45, 7) is 0.840. The summed E-state index contributed by atoms with van der Waals surface area (Å²) in [7, 11) is 0. The van der Waals surface area contributed by atoms with Crippen LogP contribution in [0, 0.1) is 5.92 Å². The van der Waals surface area contributed by atoms with Crippen molar-refractivity contribution in [3.8, 4) is 0 Å². The first kappa shape index (κ1) is 12.5. The third kappa shape index (κ3) is 4.77. The summed E-state index contributed by atoms with van der Waals surface area (Å²) in [4.78, 5) is 32.8. The maximum atomic E-state index is 11.3. The third-order valence-electron chi connectivity index (χ3n) is 2.35. The van der Waals surface area contributed by atoms with E-state index in [-0.39, 0.29) is 6.61 Å². The summed E-state index contributed by atoms with van der Waals surface area (Å²) in [5.74, 6) is -1.11. The Morgan fingerprint density at radius 1 is 1.44 bits per heavy atom. The number of hydrogen-bond donors (Lipinski definition) is 2. The molecule has 1 atom stereocenters. The van der Waals surface area contributed by atoms with E-state index in [1.807, 2.05) is 0 Å². The van der Waals surface area contributed by atoms with Gasteiger partial charge in [0.05, 0.1) is 0 Å². The van der Waals surface area contributed by atoms with Crippen LogP contribution in [0.4, 0.5) is 0 Å². The van der Waals surface area contributed by atoms with E-state index in [9.17, 15) is 14.4 Å². The summed E-state index contributed by atoms with van der Waals surface area (Å²) in [5.41, 5.74) is 5.16. The van der Waals surface area contributed by atoms with Gasteiger partial charge in [-0.3, -0.25) is 14.4 Å². The standard InChI is InChI=1S/C10H16N2O4/c1-6(13)16-5-9(14)12-8(10(11)15)4-7-2-3-7/h7-8H,2-5H2,1H3,(H2,11,15)(H,12,14)/t8-/m0/s1. The Labute approximate surface area is 93.5 Å². The smallest absolute Gasteiger partial charge is 0.303 e. The van der Waals surface area contributed by atoms with Crippen molar-refractivity contribution in [3.05, 3.63) is 0 Å². The zero-order valence-corrected chi connectivity index (χ0v) is 9.19. The molecule has 0 bridgehead atoms. The number of amides is 2. The number of carbonyl (C=O) groups is 3. The lowest BCUT2D eigenvalue weighted by Gasteiger charge is -2.14. The molecule has 1 saturated carbocycles. The highest BCUT2D eigenvalue weighted by Gasteiger charge is 2.29. The Kier molecular flexibility index (Phi) is 4.28. The van der Waals surface area contributed by atoms with Crippen molar-refractivity contribution in [1.29, 1.82) is 0 Å². The number of nitrogens with two attached hydrogens (primary N) is 1. The van der Waals surface area contributed by atoms with Crippen LogP contribution in [-0.2, 0) is 19.1 Å². The first-order valence-electron chi connectivity index (χ1n) is 5.21. The molecule has 0 radical (unpaired) electrons. The van der Waals surface area contributed by atoms with Crippen molar-refractivity contribution < 1.29 is 19.1 Å². The normalized spacial score (nSPS) is 16.3. The van der Waals surface area contributed by atoms with Crippen molar-refractivity contribution in [2.75, 3.05) is 6.61 Å². The number of ether oxygens (including phenoxy) is 1. The van der Waals surface area contributed by atoms with Gasteiger partial charge in [-0.05, 0) is 12.3 Å². The molecule has 1 fully saturated rings. The van der Waals surface area contributed by atoms with Gasteiger partial charge in [-0.15, -0.1) is 0 Å². The first-order valence-corrected chi connectivity index (χ1v) is 5.21. The lowest BCUT2D eigenvalue weighted by Crippen LogP contribution is -2.46. The molecule has 0 spiro atoms. The minimum atomic E-state index is -0.657. The maximum absolute atomic E-state index is 11.3. The molecular formula is C10H16N2O4. The van der Waals surface area contributed by atoms with Crippen LogP contribution < -0.4 is 11.1 Å². The molecule has 6 heteroatoms. The van der Waals surface area contributed by atoms with Gasteiger partial charge < -0.3 is 15.8 Å². The summed E-state index contributed by atoms with van der Waals surface area (Å²) < 4.78 is 4.50. The van der Waals surface area contributed by atoms with Crippen LogP contribution >= 0.6 is 0 Å². The zero-order valence-electron chi connectivity index (χ0n) is 9.19. The monoisotopic (exact) mass is 228 g/mol. The molecular weight excluding hydrogens is 212 g/mol. The van der Waals surface area contributed by atoms with Crippen LogP contribution in [-0.4, -0.2) is 30.4 Å². The summed E-state index contributed by atoms with van der Waals surface area (Å²) >= 11 is 0. The van der Waals surface area contributed by atoms with Crippen LogP contribution in [0.3, 0.4) is 0 Å². The highest BCUT2D eigenvalue weighted by atomic mass is 16.5. The summed E-state index contributed by atoms with van der Waals surface area (Å²) in [5, 5.41) is 2.45. The molecule has 0 saturated heterocycles. The molecule has 0 aromatic heterocycles. The largest absolute Gasteiger partial charge is 0.456 e. The topological polar surface area (TPSA) is 98.5 Å². The molecule has 2 amide bonds. The summed E-state index contributed by atoms with van der Waals surface area (Å²) in [6, 6.07) is -0.657. The number of rotatable bonds is 6. The predicted octanol–water partition coefficient (Wildman–Crippen LogP) is -0.680. The van der Waals surface area contributed by atoms with E-state index in [0.29, 0.717) is 12.3 Å². The number of hydrogen-bond acceptors (Lipinski definition) is 4. The van der Waals surface area contributed by atoms with E-state index in [2.05, 4.69) is 10.1 Å². The van der Waals surface area contributed by atoms with Gasteiger partial charge in [0.1, 0.15) is 6.04 Å². The predicted molar refractivity (Wildman–Crippen MR) is 55.1 cm³/mol. The highest BCUT2D eigenvalue weighted by molar-refractivity contribution is 5.87. The summed E-state index contributed by atoms with van der Waals surface area (Å²) in [6.07, 6.45) is 2.72. The van der Waals surface area contributed by atoms with Gasteiger partial charge in [-0.2, -0.15) is 0 Å². The van der Waals surface area contributed by atoms with E-state index in [0.717, 1.165) is 12.8 Å². The van der Waals surface area contributed by atoms with E-state index in [1.165, 1.54) is 6.92 Å². The number of esters is 1. The average molecular weight is 228 g/mol. The van der Waals surface area contributed by atoms with Crippen molar-refractivity contribution >= 4 is 17.8 Å². The van der Waals surface area contributed by atoms with Gasteiger partial charge in [0.2, 0.25) is 5.91 Å². The molecule has 3 N–H and O–H groups in total. The minimum absolute atomic E-state index is 0.371. The Balaban J connectivity index is 2.31. The average Bonchev–Trinajstić information content (AvgIpc) is 2.97. The van der Waals surface area contributed by atoms with Crippen LogP contribution in [0.15, 0.2) is 0 Å². The molecule has 0 aliphatic heterocycles. The Bertz CT molecular complexity index is 299. The second-order valence-corrected chi connectivity index (χ2v) is 3.98. The lowest BCUT2D eigenvalue weighted by molar-refractivity contribution is -0.146. The molecule has 16 heavy (non-hydrogen) atoms. The fourth-order valence-electron chi connectivity index (χ4n) is 1.34. The molecule has 0 unspecified atom stereocenters. The fourth-order valence-corrected chi connectivity index (χ4v) is 1.34. The van der Waals surface area contributed by atoms with Crippen LogP contribution in [0.25, 0.3) is 0 Å². The molecule has 90 valence electrons. The first-order chi connectivity index (χ1) is 7.49. The highest BCUT2D eigenvalue weighted by Crippen LogP contribution is 2.33. The maximum Gasteiger partial charge on any atom is 0.303 e. The van der Waals surface area contributed by atoms with E-state index in [1.54, 1.807) is 0 Å². The van der Waals surface area contributed by atoms with Gasteiger partial charge in [0.25, 0.3) is 5.91 Å². The van der Waals surface area contributed by atoms with Crippen molar-refractivity contribution in [1.82, 2.24) is 5.32 Å². The molecule has 0 aromatic carbocycles. The SMILES string of the molecule is CC(=O)OCC(=O)N[C@@H](CC1CC1)C(N)=O. The van der Waals surface area contributed by atoms with Gasteiger partial charge in [0.15, 0.2) is 6.61 Å². The zero-order chi connectivity index (χ0) is 12.1. The number of nitrogens with one attached hydrogen (secondary N) is 1. The molecule has 0 aromatic rings. The van der Waals surface area contributed by atoms with Crippen molar-refractivity contribution in [2.24, 2.45) is 11.7 Å². The van der Waals surface area contributed by atoms with Gasteiger partial charge in [0, 0.05) is 6.92 Å². The molecule has 6 nitrogen and oxygen atoms in total. The third-order valence-corrected chi connectivity index (χ3v) is 2.35. The van der Waals surface area contributed by atoms with E-state index in [4.69, 9.17) is 5.73 Å². The fraction of sp³-hybridized carbons (Fsp3) is 0.700. The van der Waals surface area contributed by atoms with Gasteiger partial charge in [-0.25, -0.2) is 0 Å². The Morgan fingerprint density at radius 3 is 2.50 bits per heavy atom. The Hall–Kier alpha value is -1.59. The quantitative estimate of drug-likeness (QED) is 0.588. The molecule has 1 rings (SSSR count). The van der Waals surface area contributed by atoms with Crippen LogP contribution in [0.2, 0.25) is 0 Å². The molecule has 1 aliphatic rings. The second-order valence-electron chi connectivity index (χ2n) is 3.98. The second kappa shape index (κ2) is 5.48. The van der Waals surface area contributed by atoms with Crippen molar-refractivity contribution in [2.45, 2.75) is 32.2 Å². The van der Waals surface area contributed by atoms with Crippen LogP contribution in [0.1, 0.15) is 26.2 Å². The van der Waals surface area contributed by atoms with Crippen molar-refractivity contribution in [3.63, 3.8) is 0 Å². The number of primary amides is 1. The Morgan fingerprint density at radius 2 is 2.06 bits per heavy atom.